The predicted octanol–water partition coefficient (Wildman–Crippen LogP) is 3.65. The summed E-state index contributed by atoms with van der Waals surface area (Å²) in [4.78, 5) is 27.4. The summed E-state index contributed by atoms with van der Waals surface area (Å²) in [6.07, 6.45) is 4.05. The Balaban J connectivity index is 1.91. The van der Waals surface area contributed by atoms with Crippen LogP contribution >= 0.6 is 0 Å². The van der Waals surface area contributed by atoms with Gasteiger partial charge in [-0.2, -0.15) is 0 Å². The lowest BCUT2D eigenvalue weighted by molar-refractivity contribution is 0.0762. The Bertz CT molecular complexity index is 1110. The van der Waals surface area contributed by atoms with Crippen LogP contribution in [-0.2, 0) is 10.0 Å². The zero-order chi connectivity index (χ0) is 24.0. The fourth-order valence-electron chi connectivity index (χ4n) is 3.78. The number of methoxy groups -OCH3 is 1. The van der Waals surface area contributed by atoms with E-state index in [0.717, 1.165) is 25.7 Å². The van der Waals surface area contributed by atoms with Crippen molar-refractivity contribution in [2.45, 2.75) is 50.5 Å². The highest BCUT2D eigenvalue weighted by atomic mass is 32.2. The number of nitrogens with zero attached hydrogens (tertiary/aromatic N) is 1. The molecule has 0 aliphatic carbocycles. The summed E-state index contributed by atoms with van der Waals surface area (Å²) in [6.45, 7) is 4.94. The topological polar surface area (TPSA) is 105 Å². The van der Waals surface area contributed by atoms with Crippen molar-refractivity contribution in [1.29, 1.82) is 0 Å². The van der Waals surface area contributed by atoms with Crippen molar-refractivity contribution >= 4 is 27.5 Å². The van der Waals surface area contributed by atoms with Gasteiger partial charge in [-0.25, -0.2) is 8.42 Å². The van der Waals surface area contributed by atoms with Crippen molar-refractivity contribution in [2.24, 2.45) is 0 Å². The van der Waals surface area contributed by atoms with E-state index in [1.165, 1.54) is 25.3 Å². The summed E-state index contributed by atoms with van der Waals surface area (Å²) in [6, 6.07) is 10.5. The maximum atomic E-state index is 13.2. The third-order valence-corrected chi connectivity index (χ3v) is 6.80. The smallest absolute Gasteiger partial charge is 0.261 e. The van der Waals surface area contributed by atoms with Gasteiger partial charge < -0.3 is 15.0 Å². The van der Waals surface area contributed by atoms with E-state index < -0.39 is 15.9 Å². The normalized spacial score (nSPS) is 14.5. The lowest BCUT2D eigenvalue weighted by atomic mass is 10.1. The molecule has 0 unspecified atom stereocenters. The molecule has 1 fully saturated rings. The van der Waals surface area contributed by atoms with Crippen LogP contribution in [0.3, 0.4) is 0 Å². The second kappa shape index (κ2) is 10.7. The SMILES string of the molecule is COc1ccc(S(=O)(=O)Nc2ccccc2C(=O)N2CCCCCC2)cc1C(=O)NC(C)C. The van der Waals surface area contributed by atoms with Crippen LogP contribution in [0.2, 0.25) is 0 Å². The van der Waals surface area contributed by atoms with Crippen LogP contribution in [0.1, 0.15) is 60.2 Å². The van der Waals surface area contributed by atoms with E-state index in [2.05, 4.69) is 10.0 Å². The van der Waals surface area contributed by atoms with Crippen LogP contribution in [0.4, 0.5) is 5.69 Å². The number of nitrogens with one attached hydrogen (secondary N) is 2. The van der Waals surface area contributed by atoms with Crippen molar-refractivity contribution < 1.29 is 22.7 Å². The monoisotopic (exact) mass is 473 g/mol. The Morgan fingerprint density at radius 2 is 1.64 bits per heavy atom. The molecule has 33 heavy (non-hydrogen) atoms. The van der Waals surface area contributed by atoms with Gasteiger partial charge in [-0.05, 0) is 57.0 Å². The maximum Gasteiger partial charge on any atom is 0.261 e. The van der Waals surface area contributed by atoms with Gasteiger partial charge in [0.1, 0.15) is 5.75 Å². The lowest BCUT2D eigenvalue weighted by Crippen LogP contribution is -2.32. The second-order valence-electron chi connectivity index (χ2n) is 8.35. The molecular formula is C24H31N3O5S. The summed E-state index contributed by atoms with van der Waals surface area (Å²) in [7, 11) is -2.66. The summed E-state index contributed by atoms with van der Waals surface area (Å²) >= 11 is 0. The Labute approximate surface area is 195 Å². The number of carbonyl (C=O) groups excluding carboxylic acids is 2. The molecule has 1 aliphatic heterocycles. The molecule has 0 atom stereocenters. The van der Waals surface area contributed by atoms with Crippen LogP contribution in [0.15, 0.2) is 47.4 Å². The number of ether oxygens (including phenoxy) is 1. The third kappa shape index (κ3) is 6.04. The molecule has 0 radical (unpaired) electrons. The Morgan fingerprint density at radius 3 is 2.27 bits per heavy atom. The summed E-state index contributed by atoms with van der Waals surface area (Å²) in [5, 5.41) is 2.74. The highest BCUT2D eigenvalue weighted by Crippen LogP contribution is 2.26. The van der Waals surface area contributed by atoms with Gasteiger partial charge in [-0.1, -0.05) is 25.0 Å². The Morgan fingerprint density at radius 1 is 0.970 bits per heavy atom. The molecule has 1 heterocycles. The summed E-state index contributed by atoms with van der Waals surface area (Å²) in [5.74, 6) is -0.360. The first-order valence-corrected chi connectivity index (χ1v) is 12.6. The van der Waals surface area contributed by atoms with Crippen LogP contribution in [0.25, 0.3) is 0 Å². The largest absolute Gasteiger partial charge is 0.496 e. The minimum atomic E-state index is -4.07. The van der Waals surface area contributed by atoms with E-state index in [0.29, 0.717) is 18.7 Å². The molecular weight excluding hydrogens is 442 g/mol. The lowest BCUT2D eigenvalue weighted by Gasteiger charge is -2.22. The van der Waals surface area contributed by atoms with Gasteiger partial charge >= 0.3 is 0 Å². The second-order valence-corrected chi connectivity index (χ2v) is 10.0. The minimum Gasteiger partial charge on any atom is -0.496 e. The molecule has 2 aromatic carbocycles. The molecule has 0 saturated carbocycles. The molecule has 2 amide bonds. The number of anilines is 1. The third-order valence-electron chi connectivity index (χ3n) is 5.44. The number of hydrogen-bond acceptors (Lipinski definition) is 5. The van der Waals surface area contributed by atoms with E-state index in [1.807, 2.05) is 13.8 Å². The van der Waals surface area contributed by atoms with Crippen molar-refractivity contribution in [3.05, 3.63) is 53.6 Å². The average Bonchev–Trinajstić information content (AvgIpc) is 3.07. The molecule has 0 spiro atoms. The first kappa shape index (κ1) is 24.6. The van der Waals surface area contributed by atoms with Crippen LogP contribution in [-0.4, -0.2) is 51.4 Å². The molecule has 1 saturated heterocycles. The number of rotatable bonds is 7. The van der Waals surface area contributed by atoms with Gasteiger partial charge in [0.05, 0.1) is 28.8 Å². The molecule has 2 N–H and O–H groups in total. The fourth-order valence-corrected chi connectivity index (χ4v) is 4.88. The molecule has 3 rings (SSSR count). The molecule has 9 heteroatoms. The molecule has 8 nitrogen and oxygen atoms in total. The van der Waals surface area contributed by atoms with Gasteiger partial charge in [0.25, 0.3) is 21.8 Å². The van der Waals surface area contributed by atoms with E-state index in [1.54, 1.807) is 29.2 Å². The van der Waals surface area contributed by atoms with Crippen molar-refractivity contribution in [1.82, 2.24) is 10.2 Å². The Kier molecular flexibility index (Phi) is 7.97. The maximum absolute atomic E-state index is 13.2. The number of sulfonamides is 1. The highest BCUT2D eigenvalue weighted by molar-refractivity contribution is 7.92. The minimum absolute atomic E-state index is 0.103. The number of carbonyl (C=O) groups is 2. The molecule has 2 aromatic rings. The standard InChI is InChI=1S/C24H31N3O5S/c1-17(2)25-23(28)20-16-18(12-13-22(20)32-3)33(30,31)26-21-11-7-6-10-19(21)24(29)27-14-8-4-5-9-15-27/h6-7,10-13,16-17,26H,4-5,8-9,14-15H2,1-3H3,(H,25,28). The molecule has 1 aliphatic rings. The average molecular weight is 474 g/mol. The van der Waals surface area contributed by atoms with E-state index in [9.17, 15) is 18.0 Å². The van der Waals surface area contributed by atoms with Gasteiger partial charge in [0, 0.05) is 19.1 Å². The summed E-state index contributed by atoms with van der Waals surface area (Å²) < 4.78 is 34.2. The van der Waals surface area contributed by atoms with Crippen LogP contribution in [0.5, 0.6) is 5.75 Å². The highest BCUT2D eigenvalue weighted by Gasteiger charge is 2.24. The van der Waals surface area contributed by atoms with Gasteiger partial charge in [-0.15, -0.1) is 0 Å². The number of hydrogen-bond donors (Lipinski definition) is 2. The van der Waals surface area contributed by atoms with Crippen LogP contribution in [0, 0.1) is 0 Å². The van der Waals surface area contributed by atoms with Gasteiger partial charge in [0.15, 0.2) is 0 Å². The quantitative estimate of drug-likeness (QED) is 0.639. The zero-order valence-corrected chi connectivity index (χ0v) is 20.1. The van der Waals surface area contributed by atoms with E-state index >= 15 is 0 Å². The van der Waals surface area contributed by atoms with Gasteiger partial charge in [-0.3, -0.25) is 14.3 Å². The van der Waals surface area contributed by atoms with Crippen molar-refractivity contribution in [3.8, 4) is 5.75 Å². The van der Waals surface area contributed by atoms with Crippen LogP contribution < -0.4 is 14.8 Å². The van der Waals surface area contributed by atoms with Gasteiger partial charge in [0.2, 0.25) is 0 Å². The number of para-hydroxylation sites is 1. The summed E-state index contributed by atoms with van der Waals surface area (Å²) in [5.41, 5.74) is 0.619. The number of amides is 2. The first-order valence-electron chi connectivity index (χ1n) is 11.1. The van der Waals surface area contributed by atoms with E-state index in [4.69, 9.17) is 4.74 Å². The van der Waals surface area contributed by atoms with E-state index in [-0.39, 0.29) is 33.8 Å². The first-order chi connectivity index (χ1) is 15.7. The molecule has 0 aromatic heterocycles. The Hall–Kier alpha value is -3.07. The molecule has 178 valence electrons. The number of likely N-dealkylation sites (tertiary alicyclic amines) is 1. The van der Waals surface area contributed by atoms with Crippen molar-refractivity contribution in [2.75, 3.05) is 24.9 Å². The predicted molar refractivity (Wildman–Crippen MR) is 127 cm³/mol. The molecule has 0 bridgehead atoms. The van der Waals surface area contributed by atoms with Crippen molar-refractivity contribution in [3.63, 3.8) is 0 Å². The zero-order valence-electron chi connectivity index (χ0n) is 19.3. The number of benzene rings is 2. The fraction of sp³-hybridized carbons (Fsp3) is 0.417.